The van der Waals surface area contributed by atoms with Gasteiger partial charge in [-0.1, -0.05) is 42.0 Å². The van der Waals surface area contributed by atoms with Crippen LogP contribution >= 0.6 is 0 Å². The molecule has 7 nitrogen and oxygen atoms in total. The minimum atomic E-state index is -0.161. The third-order valence-electron chi connectivity index (χ3n) is 6.66. The second kappa shape index (κ2) is 11.5. The van der Waals surface area contributed by atoms with Crippen molar-refractivity contribution in [1.82, 2.24) is 9.91 Å². The standard InChI is InChI=1S/C28H35N3O4/c1-4-34-24-11-9-21(10-12-24)26-18-25(23-8-6-7-20(3)17-23)29-31(26)27(32)19-30-15-13-22(14-16-30)28(33)35-5-2/h6-12,17,22,26H,4-5,13-16,18-19H2,1-3H3/t26-/m1/s1. The highest BCUT2D eigenvalue weighted by atomic mass is 16.5. The lowest BCUT2D eigenvalue weighted by Gasteiger charge is -2.32. The van der Waals surface area contributed by atoms with Gasteiger partial charge >= 0.3 is 5.97 Å². The van der Waals surface area contributed by atoms with Crippen LogP contribution in [0.25, 0.3) is 0 Å². The number of ether oxygens (including phenoxy) is 2. The minimum Gasteiger partial charge on any atom is -0.494 e. The normalized spacial score (nSPS) is 18.9. The average molecular weight is 478 g/mol. The number of piperidine rings is 1. The van der Waals surface area contributed by atoms with E-state index in [0.717, 1.165) is 28.2 Å². The zero-order chi connectivity index (χ0) is 24.8. The lowest BCUT2D eigenvalue weighted by atomic mass is 9.96. The van der Waals surface area contributed by atoms with E-state index in [-0.39, 0.29) is 30.4 Å². The number of carbonyl (C=O) groups excluding carboxylic acids is 2. The number of aryl methyl sites for hydroxylation is 1. The highest BCUT2D eigenvalue weighted by Crippen LogP contribution is 2.34. The van der Waals surface area contributed by atoms with Gasteiger partial charge in [-0.3, -0.25) is 14.5 Å². The van der Waals surface area contributed by atoms with Crippen molar-refractivity contribution in [3.63, 3.8) is 0 Å². The maximum Gasteiger partial charge on any atom is 0.309 e. The number of esters is 1. The number of rotatable bonds is 8. The van der Waals surface area contributed by atoms with Crippen LogP contribution < -0.4 is 4.74 Å². The van der Waals surface area contributed by atoms with E-state index in [2.05, 4.69) is 30.0 Å². The van der Waals surface area contributed by atoms with Crippen molar-refractivity contribution in [2.24, 2.45) is 11.0 Å². The van der Waals surface area contributed by atoms with E-state index in [0.29, 0.717) is 45.6 Å². The van der Waals surface area contributed by atoms with Gasteiger partial charge in [-0.05, 0) is 70.0 Å². The highest BCUT2D eigenvalue weighted by Gasteiger charge is 2.35. The molecule has 1 atom stereocenters. The summed E-state index contributed by atoms with van der Waals surface area (Å²) in [5, 5.41) is 6.47. The fraction of sp³-hybridized carbons (Fsp3) is 0.464. The fourth-order valence-corrected chi connectivity index (χ4v) is 4.80. The molecule has 1 fully saturated rings. The molecule has 0 bridgehead atoms. The topological polar surface area (TPSA) is 71.4 Å². The van der Waals surface area contributed by atoms with Crippen LogP contribution in [0.15, 0.2) is 53.6 Å². The molecule has 0 aliphatic carbocycles. The van der Waals surface area contributed by atoms with E-state index in [1.165, 1.54) is 0 Å². The predicted octanol–water partition coefficient (Wildman–Crippen LogP) is 4.35. The molecule has 2 aliphatic heterocycles. The molecule has 0 spiro atoms. The number of likely N-dealkylation sites (tertiary alicyclic amines) is 1. The molecule has 0 unspecified atom stereocenters. The van der Waals surface area contributed by atoms with Gasteiger partial charge in [0.2, 0.25) is 0 Å². The molecular weight excluding hydrogens is 442 g/mol. The first-order valence-corrected chi connectivity index (χ1v) is 12.6. The van der Waals surface area contributed by atoms with Crippen LogP contribution in [0.3, 0.4) is 0 Å². The number of nitrogens with zero attached hydrogens (tertiary/aromatic N) is 3. The predicted molar refractivity (Wildman–Crippen MR) is 135 cm³/mol. The quantitative estimate of drug-likeness (QED) is 0.529. The fourth-order valence-electron chi connectivity index (χ4n) is 4.80. The summed E-state index contributed by atoms with van der Waals surface area (Å²) < 4.78 is 10.8. The molecule has 2 aromatic carbocycles. The molecule has 4 rings (SSSR count). The van der Waals surface area contributed by atoms with Gasteiger partial charge in [-0.15, -0.1) is 0 Å². The zero-order valence-corrected chi connectivity index (χ0v) is 20.9. The van der Waals surface area contributed by atoms with Crippen molar-refractivity contribution in [1.29, 1.82) is 0 Å². The van der Waals surface area contributed by atoms with E-state index < -0.39 is 0 Å². The molecule has 0 aromatic heterocycles. The van der Waals surface area contributed by atoms with E-state index in [9.17, 15) is 9.59 Å². The Morgan fingerprint density at radius 2 is 1.77 bits per heavy atom. The maximum atomic E-state index is 13.5. The van der Waals surface area contributed by atoms with Crippen molar-refractivity contribution in [3.8, 4) is 5.75 Å². The molecule has 2 aromatic rings. The van der Waals surface area contributed by atoms with Gasteiger partial charge < -0.3 is 9.47 Å². The zero-order valence-electron chi connectivity index (χ0n) is 20.9. The third kappa shape index (κ3) is 6.09. The summed E-state index contributed by atoms with van der Waals surface area (Å²) >= 11 is 0. The van der Waals surface area contributed by atoms with E-state index in [1.807, 2.05) is 44.2 Å². The molecule has 2 heterocycles. The Morgan fingerprint density at radius 3 is 2.43 bits per heavy atom. The number of carbonyl (C=O) groups is 2. The molecule has 0 radical (unpaired) electrons. The molecule has 7 heteroatoms. The lowest BCUT2D eigenvalue weighted by molar-refractivity contribution is -0.149. The van der Waals surface area contributed by atoms with E-state index >= 15 is 0 Å². The van der Waals surface area contributed by atoms with Crippen LogP contribution in [-0.2, 0) is 14.3 Å². The minimum absolute atomic E-state index is 0.0267. The summed E-state index contributed by atoms with van der Waals surface area (Å²) in [6.45, 7) is 8.55. The smallest absolute Gasteiger partial charge is 0.309 e. The van der Waals surface area contributed by atoms with Crippen molar-refractivity contribution in [2.45, 2.75) is 46.1 Å². The highest BCUT2D eigenvalue weighted by molar-refractivity contribution is 6.03. The Morgan fingerprint density at radius 1 is 1.03 bits per heavy atom. The number of amides is 1. The maximum absolute atomic E-state index is 13.5. The summed E-state index contributed by atoms with van der Waals surface area (Å²) in [4.78, 5) is 27.7. The second-order valence-corrected chi connectivity index (χ2v) is 9.18. The molecule has 186 valence electrons. The van der Waals surface area contributed by atoms with Gasteiger partial charge in [0.15, 0.2) is 0 Å². The Hall–Kier alpha value is -3.19. The molecule has 0 saturated carbocycles. The Balaban J connectivity index is 1.49. The average Bonchev–Trinajstić information content (AvgIpc) is 3.31. The summed E-state index contributed by atoms with van der Waals surface area (Å²) in [6.07, 6.45) is 2.09. The molecule has 35 heavy (non-hydrogen) atoms. The van der Waals surface area contributed by atoms with Crippen molar-refractivity contribution in [2.75, 3.05) is 32.8 Å². The van der Waals surface area contributed by atoms with Gasteiger partial charge in [-0.25, -0.2) is 5.01 Å². The number of hydrazone groups is 1. The Kier molecular flexibility index (Phi) is 8.18. The third-order valence-corrected chi connectivity index (χ3v) is 6.66. The number of benzene rings is 2. The monoisotopic (exact) mass is 477 g/mol. The summed E-state index contributed by atoms with van der Waals surface area (Å²) in [5.41, 5.74) is 4.17. The van der Waals surface area contributed by atoms with Crippen LogP contribution in [0.5, 0.6) is 5.75 Å². The van der Waals surface area contributed by atoms with Crippen LogP contribution in [0.2, 0.25) is 0 Å². The number of hydrogen-bond acceptors (Lipinski definition) is 6. The summed E-state index contributed by atoms with van der Waals surface area (Å²) in [6, 6.07) is 16.0. The molecule has 0 N–H and O–H groups in total. The SMILES string of the molecule is CCOC(=O)C1CCN(CC(=O)N2N=C(c3cccc(C)c3)C[C@@H]2c2ccc(OCC)cc2)CC1. The van der Waals surface area contributed by atoms with Crippen LogP contribution in [0.1, 0.15) is 55.8 Å². The van der Waals surface area contributed by atoms with E-state index in [4.69, 9.17) is 14.6 Å². The van der Waals surface area contributed by atoms with Gasteiger partial charge in [0.25, 0.3) is 5.91 Å². The van der Waals surface area contributed by atoms with E-state index in [1.54, 1.807) is 5.01 Å². The number of hydrogen-bond donors (Lipinski definition) is 0. The first kappa shape index (κ1) is 24.9. The van der Waals surface area contributed by atoms with Gasteiger partial charge in [0.1, 0.15) is 5.75 Å². The largest absolute Gasteiger partial charge is 0.494 e. The lowest BCUT2D eigenvalue weighted by Crippen LogP contribution is -2.43. The summed E-state index contributed by atoms with van der Waals surface area (Å²) in [5.74, 6) is 0.592. The Bertz CT molecular complexity index is 1060. The van der Waals surface area contributed by atoms with Gasteiger partial charge in [-0.2, -0.15) is 5.10 Å². The van der Waals surface area contributed by atoms with Crippen LogP contribution in [0.4, 0.5) is 0 Å². The van der Waals surface area contributed by atoms with Gasteiger partial charge in [0, 0.05) is 6.42 Å². The van der Waals surface area contributed by atoms with Crippen molar-refractivity contribution in [3.05, 3.63) is 65.2 Å². The Labute approximate surface area is 207 Å². The van der Waals surface area contributed by atoms with Gasteiger partial charge in [0.05, 0.1) is 37.4 Å². The molecule has 1 saturated heterocycles. The van der Waals surface area contributed by atoms with Crippen molar-refractivity contribution >= 4 is 17.6 Å². The first-order valence-electron chi connectivity index (χ1n) is 12.6. The van der Waals surface area contributed by atoms with Crippen molar-refractivity contribution < 1.29 is 19.1 Å². The van der Waals surface area contributed by atoms with Crippen LogP contribution in [-0.4, -0.2) is 60.3 Å². The second-order valence-electron chi connectivity index (χ2n) is 9.18. The molecule has 2 aliphatic rings. The first-order chi connectivity index (χ1) is 17.0. The molecule has 1 amide bonds. The molecular formula is C28H35N3O4. The summed E-state index contributed by atoms with van der Waals surface area (Å²) in [7, 11) is 0. The van der Waals surface area contributed by atoms with Crippen LogP contribution in [0, 0.1) is 12.8 Å².